The molecule has 0 saturated heterocycles. The van der Waals surface area contributed by atoms with Crippen molar-refractivity contribution in [2.24, 2.45) is 0 Å². The largest absolute Gasteiger partial charge is 0.478 e. The molecule has 1 aromatic rings. The van der Waals surface area contributed by atoms with Gasteiger partial charge in [0.25, 0.3) is 0 Å². The highest BCUT2D eigenvalue weighted by Crippen LogP contribution is 2.24. The standard InChI is InChI=1S/C14H13I3O4/c1-7(13(18)19)3-4-8(2)21-14(20)10-5-9(15)6-11(16)12(10)17/h5-6,8H,1,3-4H2,2H3,(H,18,19). The van der Waals surface area contributed by atoms with Gasteiger partial charge in [-0.25, -0.2) is 9.59 Å². The number of halogens is 3. The highest BCUT2D eigenvalue weighted by atomic mass is 127. The van der Waals surface area contributed by atoms with Gasteiger partial charge in [0, 0.05) is 16.3 Å². The van der Waals surface area contributed by atoms with E-state index in [-0.39, 0.29) is 17.6 Å². The molecule has 1 N–H and O–H groups in total. The number of carbonyl (C=O) groups is 2. The second-order valence-electron chi connectivity index (χ2n) is 4.41. The SMILES string of the molecule is C=C(CCC(C)OC(=O)c1cc(I)cc(I)c1I)C(=O)O. The Morgan fingerprint density at radius 2 is 1.95 bits per heavy atom. The minimum absolute atomic E-state index is 0.122. The number of carboxylic acids is 1. The second-order valence-corrected chi connectivity index (χ2v) is 7.90. The maximum Gasteiger partial charge on any atom is 0.339 e. The van der Waals surface area contributed by atoms with E-state index in [4.69, 9.17) is 9.84 Å². The summed E-state index contributed by atoms with van der Waals surface area (Å²) >= 11 is 6.45. The summed E-state index contributed by atoms with van der Waals surface area (Å²) in [7, 11) is 0. The zero-order chi connectivity index (χ0) is 16.2. The number of hydrogen-bond donors (Lipinski definition) is 1. The molecule has 0 radical (unpaired) electrons. The van der Waals surface area contributed by atoms with Crippen molar-refractivity contribution >= 4 is 79.7 Å². The summed E-state index contributed by atoms with van der Waals surface area (Å²) in [5.41, 5.74) is 0.659. The van der Waals surface area contributed by atoms with Gasteiger partial charge in [0.15, 0.2) is 0 Å². The number of carbonyl (C=O) groups excluding carboxylic acids is 1. The normalized spacial score (nSPS) is 11.8. The van der Waals surface area contributed by atoms with Crippen molar-refractivity contribution in [1.82, 2.24) is 0 Å². The molecule has 114 valence electrons. The van der Waals surface area contributed by atoms with Crippen LogP contribution in [0.4, 0.5) is 0 Å². The lowest BCUT2D eigenvalue weighted by atomic mass is 10.1. The zero-order valence-electron chi connectivity index (χ0n) is 11.2. The lowest BCUT2D eigenvalue weighted by Gasteiger charge is -2.14. The number of hydrogen-bond acceptors (Lipinski definition) is 3. The molecule has 1 unspecified atom stereocenters. The molecule has 0 fully saturated rings. The minimum atomic E-state index is -1.02. The Kier molecular flexibility index (Phi) is 7.88. The molecule has 1 atom stereocenters. The summed E-state index contributed by atoms with van der Waals surface area (Å²) in [6, 6.07) is 3.77. The molecule has 0 aromatic heterocycles. The van der Waals surface area contributed by atoms with Crippen LogP contribution < -0.4 is 0 Å². The Bertz CT molecular complexity index is 584. The molecule has 1 rings (SSSR count). The first-order chi connectivity index (χ1) is 9.72. The molecule has 21 heavy (non-hydrogen) atoms. The van der Waals surface area contributed by atoms with E-state index in [2.05, 4.69) is 74.4 Å². The molecule has 0 aliphatic heterocycles. The van der Waals surface area contributed by atoms with Gasteiger partial charge >= 0.3 is 11.9 Å². The predicted octanol–water partition coefficient (Wildman–Crippen LogP) is 4.47. The van der Waals surface area contributed by atoms with Gasteiger partial charge in [0.2, 0.25) is 0 Å². The summed E-state index contributed by atoms with van der Waals surface area (Å²) < 4.78 is 8.20. The number of aliphatic carboxylic acids is 1. The lowest BCUT2D eigenvalue weighted by Crippen LogP contribution is -2.17. The van der Waals surface area contributed by atoms with Gasteiger partial charge in [0.1, 0.15) is 0 Å². The van der Waals surface area contributed by atoms with Crippen LogP contribution in [0.15, 0.2) is 24.3 Å². The maximum atomic E-state index is 12.2. The fraction of sp³-hybridized carbons (Fsp3) is 0.286. The van der Waals surface area contributed by atoms with Crippen molar-refractivity contribution in [3.63, 3.8) is 0 Å². The topological polar surface area (TPSA) is 63.6 Å². The van der Waals surface area contributed by atoms with Crippen LogP contribution in [0.5, 0.6) is 0 Å². The third kappa shape index (κ3) is 6.00. The number of benzene rings is 1. The van der Waals surface area contributed by atoms with Gasteiger partial charge < -0.3 is 9.84 Å². The van der Waals surface area contributed by atoms with Crippen LogP contribution in [0.2, 0.25) is 0 Å². The Labute approximate surface area is 164 Å². The number of esters is 1. The van der Waals surface area contributed by atoms with Gasteiger partial charge in [-0.3, -0.25) is 0 Å². The van der Waals surface area contributed by atoms with Crippen molar-refractivity contribution < 1.29 is 19.4 Å². The molecule has 0 aliphatic rings. The van der Waals surface area contributed by atoms with Crippen molar-refractivity contribution in [1.29, 1.82) is 0 Å². The summed E-state index contributed by atoms with van der Waals surface area (Å²) in [6.07, 6.45) is 0.374. The molecule has 0 amide bonds. The van der Waals surface area contributed by atoms with Crippen LogP contribution in [0, 0.1) is 10.7 Å². The van der Waals surface area contributed by atoms with Gasteiger partial charge in [-0.2, -0.15) is 0 Å². The average molecular weight is 626 g/mol. The molecule has 1 aromatic carbocycles. The first-order valence-corrected chi connectivity index (χ1v) is 9.22. The number of carboxylic acid groups (broad SMARTS) is 1. The highest BCUT2D eigenvalue weighted by molar-refractivity contribution is 14.1. The third-order valence-electron chi connectivity index (χ3n) is 2.68. The van der Waals surface area contributed by atoms with E-state index in [1.54, 1.807) is 13.0 Å². The molecular formula is C14H13I3O4. The molecule has 4 nitrogen and oxygen atoms in total. The number of rotatable bonds is 6. The number of ether oxygens (including phenoxy) is 1. The molecule has 0 aliphatic carbocycles. The molecule has 7 heteroatoms. The Morgan fingerprint density at radius 1 is 1.33 bits per heavy atom. The summed E-state index contributed by atoms with van der Waals surface area (Å²) in [4.78, 5) is 22.9. The lowest BCUT2D eigenvalue weighted by molar-refractivity contribution is -0.132. The van der Waals surface area contributed by atoms with Crippen LogP contribution in [-0.4, -0.2) is 23.1 Å². The smallest absolute Gasteiger partial charge is 0.339 e. The summed E-state index contributed by atoms with van der Waals surface area (Å²) in [5.74, 6) is -1.40. The average Bonchev–Trinajstić information content (AvgIpc) is 2.39. The van der Waals surface area contributed by atoms with Crippen LogP contribution in [-0.2, 0) is 9.53 Å². The Hall–Kier alpha value is 0.0900. The van der Waals surface area contributed by atoms with E-state index in [1.807, 2.05) is 6.07 Å². The van der Waals surface area contributed by atoms with Crippen LogP contribution in [0.25, 0.3) is 0 Å². The Balaban J connectivity index is 2.69. The quantitative estimate of drug-likeness (QED) is 0.220. The molecule has 0 saturated carbocycles. The van der Waals surface area contributed by atoms with Crippen LogP contribution >= 0.6 is 67.8 Å². The summed E-state index contributed by atoms with van der Waals surface area (Å²) in [5, 5.41) is 8.74. The van der Waals surface area contributed by atoms with Crippen molar-refractivity contribution in [2.75, 3.05) is 0 Å². The van der Waals surface area contributed by atoms with Crippen molar-refractivity contribution in [3.8, 4) is 0 Å². The fourth-order valence-corrected chi connectivity index (χ4v) is 3.87. The monoisotopic (exact) mass is 626 g/mol. The first-order valence-electron chi connectivity index (χ1n) is 5.99. The Morgan fingerprint density at radius 3 is 2.52 bits per heavy atom. The highest BCUT2D eigenvalue weighted by Gasteiger charge is 2.18. The molecule has 0 spiro atoms. The van der Waals surface area contributed by atoms with E-state index < -0.39 is 5.97 Å². The van der Waals surface area contributed by atoms with E-state index in [9.17, 15) is 9.59 Å². The van der Waals surface area contributed by atoms with Crippen LogP contribution in [0.3, 0.4) is 0 Å². The maximum absolute atomic E-state index is 12.2. The van der Waals surface area contributed by atoms with Crippen LogP contribution in [0.1, 0.15) is 30.1 Å². The van der Waals surface area contributed by atoms with E-state index in [1.165, 1.54) is 0 Å². The van der Waals surface area contributed by atoms with E-state index >= 15 is 0 Å². The molecule has 0 bridgehead atoms. The van der Waals surface area contributed by atoms with Gasteiger partial charge in [0.05, 0.1) is 11.7 Å². The molecule has 0 heterocycles. The fourth-order valence-electron chi connectivity index (χ4n) is 1.49. The van der Waals surface area contributed by atoms with Crippen molar-refractivity contribution in [3.05, 3.63) is 40.6 Å². The third-order valence-corrected chi connectivity index (χ3v) is 6.34. The first kappa shape index (κ1) is 19.1. The predicted molar refractivity (Wildman–Crippen MR) is 105 cm³/mol. The minimum Gasteiger partial charge on any atom is -0.478 e. The van der Waals surface area contributed by atoms with Gasteiger partial charge in [-0.15, -0.1) is 0 Å². The second kappa shape index (κ2) is 8.65. The van der Waals surface area contributed by atoms with Gasteiger partial charge in [-0.05, 0) is 99.7 Å². The van der Waals surface area contributed by atoms with E-state index in [0.717, 1.165) is 10.7 Å². The van der Waals surface area contributed by atoms with Crippen molar-refractivity contribution in [2.45, 2.75) is 25.9 Å². The van der Waals surface area contributed by atoms with E-state index in [0.29, 0.717) is 18.4 Å². The van der Waals surface area contributed by atoms with Gasteiger partial charge in [-0.1, -0.05) is 6.58 Å². The molecular weight excluding hydrogens is 613 g/mol. The summed E-state index contributed by atoms with van der Waals surface area (Å²) in [6.45, 7) is 5.21. The zero-order valence-corrected chi connectivity index (χ0v) is 17.6.